The number of methoxy groups -OCH3 is 1. The Balaban J connectivity index is 1.84. The van der Waals surface area contributed by atoms with Gasteiger partial charge in [0.1, 0.15) is 11.6 Å². The molecule has 0 aliphatic rings. The van der Waals surface area contributed by atoms with Crippen LogP contribution in [0.1, 0.15) is 5.56 Å². The molecule has 0 bridgehead atoms. The van der Waals surface area contributed by atoms with Crippen molar-refractivity contribution in [3.8, 4) is 11.6 Å². The minimum atomic E-state index is -0.790. The van der Waals surface area contributed by atoms with E-state index in [2.05, 4.69) is 15.2 Å². The predicted molar refractivity (Wildman–Crippen MR) is 104 cm³/mol. The van der Waals surface area contributed by atoms with Crippen molar-refractivity contribution >= 4 is 28.9 Å². The van der Waals surface area contributed by atoms with Crippen LogP contribution in [0.25, 0.3) is 11.2 Å². The number of nitrogens with zero attached hydrogens (tertiary/aromatic N) is 5. The summed E-state index contributed by atoms with van der Waals surface area (Å²) >= 11 is 7.01. The molecule has 3 heterocycles. The summed E-state index contributed by atoms with van der Waals surface area (Å²) in [6.45, 7) is 0. The Morgan fingerprint density at radius 2 is 1.97 bits per heavy atom. The summed E-state index contributed by atoms with van der Waals surface area (Å²) < 4.78 is 48.3. The smallest absolute Gasteiger partial charge is 0.286 e. The molecule has 0 radical (unpaired) electrons. The minimum Gasteiger partial charge on any atom is -0.479 e. The molecule has 3 aromatic heterocycles. The van der Waals surface area contributed by atoms with E-state index in [1.165, 1.54) is 25.6 Å². The van der Waals surface area contributed by atoms with Crippen LogP contribution in [0.5, 0.6) is 5.88 Å². The van der Waals surface area contributed by atoms with E-state index in [1.54, 1.807) is 0 Å². The second kappa shape index (κ2) is 8.00. The second-order valence-electron chi connectivity index (χ2n) is 5.96. The van der Waals surface area contributed by atoms with Gasteiger partial charge in [0.25, 0.3) is 5.56 Å². The van der Waals surface area contributed by atoms with Gasteiger partial charge >= 0.3 is 0 Å². The van der Waals surface area contributed by atoms with Crippen molar-refractivity contribution < 1.29 is 17.9 Å². The summed E-state index contributed by atoms with van der Waals surface area (Å²) in [6, 6.07) is 4.23. The zero-order valence-electron chi connectivity index (χ0n) is 15.1. The van der Waals surface area contributed by atoms with Gasteiger partial charge in [-0.05, 0) is 11.6 Å². The highest BCUT2D eigenvalue weighted by atomic mass is 35.5. The van der Waals surface area contributed by atoms with Gasteiger partial charge in [-0.1, -0.05) is 29.4 Å². The molecule has 0 fully saturated rings. The van der Waals surface area contributed by atoms with Gasteiger partial charge in [0.15, 0.2) is 16.5 Å². The van der Waals surface area contributed by atoms with E-state index in [0.717, 1.165) is 39.2 Å². The average Bonchev–Trinajstić information content (AvgIpc) is 3.08. The summed E-state index contributed by atoms with van der Waals surface area (Å²) in [6.07, 6.45) is 2.48. The van der Waals surface area contributed by atoms with Crippen LogP contribution in [-0.4, -0.2) is 31.5 Å². The summed E-state index contributed by atoms with van der Waals surface area (Å²) in [4.78, 5) is 16.9. The number of fused-ring (bicyclic) bond motifs is 1. The lowest BCUT2D eigenvalue weighted by atomic mass is 10.2. The predicted octanol–water partition coefficient (Wildman–Crippen LogP) is 3.65. The monoisotopic (exact) mass is 453 g/mol. The SMILES string of the molecule is COc1ncc(-n2c(SCc3ccc(F)cc3F)nn3ncc(Cl)c3c2=O)cc1F. The molecule has 7 nitrogen and oxygen atoms in total. The number of pyridine rings is 1. The van der Waals surface area contributed by atoms with Crippen molar-refractivity contribution in [2.24, 2.45) is 0 Å². The first-order valence-electron chi connectivity index (χ1n) is 8.32. The Labute approximate surface area is 176 Å². The zero-order valence-corrected chi connectivity index (χ0v) is 16.7. The molecule has 0 saturated heterocycles. The molecule has 30 heavy (non-hydrogen) atoms. The zero-order chi connectivity index (χ0) is 21.4. The van der Waals surface area contributed by atoms with Crippen molar-refractivity contribution in [3.05, 3.63) is 75.1 Å². The Kier molecular flexibility index (Phi) is 5.39. The Morgan fingerprint density at radius 1 is 1.17 bits per heavy atom. The molecular weight excluding hydrogens is 443 g/mol. The van der Waals surface area contributed by atoms with E-state index in [9.17, 15) is 18.0 Å². The first-order chi connectivity index (χ1) is 14.4. The third-order valence-corrected chi connectivity index (χ3v) is 5.35. The third kappa shape index (κ3) is 3.61. The van der Waals surface area contributed by atoms with Crippen molar-refractivity contribution in [2.75, 3.05) is 7.11 Å². The summed E-state index contributed by atoms with van der Waals surface area (Å²) in [7, 11) is 1.26. The molecule has 0 atom stereocenters. The quantitative estimate of drug-likeness (QED) is 0.429. The van der Waals surface area contributed by atoms with Crippen molar-refractivity contribution in [1.29, 1.82) is 0 Å². The normalized spacial score (nSPS) is 11.2. The molecule has 0 amide bonds. The first-order valence-corrected chi connectivity index (χ1v) is 9.68. The van der Waals surface area contributed by atoms with Crippen LogP contribution in [0.15, 0.2) is 46.6 Å². The van der Waals surface area contributed by atoms with Crippen LogP contribution in [0.4, 0.5) is 13.2 Å². The van der Waals surface area contributed by atoms with Crippen molar-refractivity contribution in [1.82, 2.24) is 24.4 Å². The molecular formula is C18H11ClF3N5O2S. The van der Waals surface area contributed by atoms with E-state index in [-0.39, 0.29) is 38.6 Å². The van der Waals surface area contributed by atoms with Crippen molar-refractivity contribution in [3.63, 3.8) is 0 Å². The summed E-state index contributed by atoms with van der Waals surface area (Å²) in [5.74, 6) is -2.46. The number of hydrogen-bond acceptors (Lipinski definition) is 6. The maximum absolute atomic E-state index is 14.2. The van der Waals surface area contributed by atoms with E-state index in [4.69, 9.17) is 16.3 Å². The number of benzene rings is 1. The van der Waals surface area contributed by atoms with Crippen LogP contribution in [-0.2, 0) is 5.75 Å². The minimum absolute atomic E-state index is 0.0190. The molecule has 0 aliphatic carbocycles. The molecule has 0 aliphatic heterocycles. The van der Waals surface area contributed by atoms with E-state index < -0.39 is 23.0 Å². The first kappa shape index (κ1) is 20.2. The van der Waals surface area contributed by atoms with Crippen LogP contribution in [0.3, 0.4) is 0 Å². The van der Waals surface area contributed by atoms with E-state index in [1.807, 2.05) is 0 Å². The van der Waals surface area contributed by atoms with Gasteiger partial charge in [-0.3, -0.25) is 9.36 Å². The van der Waals surface area contributed by atoms with Gasteiger partial charge in [0, 0.05) is 17.9 Å². The lowest BCUT2D eigenvalue weighted by molar-refractivity contribution is 0.368. The van der Waals surface area contributed by atoms with Gasteiger partial charge in [-0.15, -0.1) is 9.73 Å². The third-order valence-electron chi connectivity index (χ3n) is 4.10. The lowest BCUT2D eigenvalue weighted by Gasteiger charge is -2.13. The van der Waals surface area contributed by atoms with Crippen LogP contribution in [0, 0.1) is 17.5 Å². The number of halogens is 4. The largest absolute Gasteiger partial charge is 0.479 e. The maximum atomic E-state index is 14.2. The maximum Gasteiger partial charge on any atom is 0.286 e. The van der Waals surface area contributed by atoms with Gasteiger partial charge in [-0.25, -0.2) is 18.2 Å². The highest BCUT2D eigenvalue weighted by Crippen LogP contribution is 2.26. The van der Waals surface area contributed by atoms with E-state index in [0.29, 0.717) is 0 Å². The fourth-order valence-electron chi connectivity index (χ4n) is 2.69. The van der Waals surface area contributed by atoms with Crippen LogP contribution >= 0.6 is 23.4 Å². The van der Waals surface area contributed by atoms with Crippen LogP contribution in [0.2, 0.25) is 5.02 Å². The van der Waals surface area contributed by atoms with Gasteiger partial charge in [0.2, 0.25) is 5.88 Å². The fourth-order valence-corrected chi connectivity index (χ4v) is 3.86. The molecule has 154 valence electrons. The topological polar surface area (TPSA) is 74.3 Å². The molecule has 4 rings (SSSR count). The number of rotatable bonds is 5. The number of thioether (sulfide) groups is 1. The molecule has 0 spiro atoms. The second-order valence-corrected chi connectivity index (χ2v) is 7.31. The molecule has 12 heteroatoms. The number of aromatic nitrogens is 5. The Bertz CT molecular complexity index is 1330. The average molecular weight is 454 g/mol. The molecule has 0 unspecified atom stereocenters. The molecule has 0 N–H and O–H groups in total. The van der Waals surface area contributed by atoms with Gasteiger partial charge in [0.05, 0.1) is 30.2 Å². The van der Waals surface area contributed by atoms with E-state index >= 15 is 0 Å². The fraction of sp³-hybridized carbons (Fsp3) is 0.111. The van der Waals surface area contributed by atoms with Crippen LogP contribution < -0.4 is 10.3 Å². The van der Waals surface area contributed by atoms with Crippen molar-refractivity contribution in [2.45, 2.75) is 10.9 Å². The molecule has 1 aromatic carbocycles. The highest BCUT2D eigenvalue weighted by molar-refractivity contribution is 7.98. The standard InChI is InChI=1S/C18H11ClF3N5O2S/c1-29-16-14(22)5-11(6-23-16)26-17(28)15-12(19)7-24-27(15)25-18(26)30-8-9-2-3-10(20)4-13(9)21/h2-7H,8H2,1H3. The number of hydrogen-bond donors (Lipinski definition) is 0. The Morgan fingerprint density at radius 3 is 2.67 bits per heavy atom. The molecule has 0 saturated carbocycles. The molecule has 4 aromatic rings. The highest BCUT2D eigenvalue weighted by Gasteiger charge is 2.19. The number of ether oxygens (including phenoxy) is 1. The lowest BCUT2D eigenvalue weighted by Crippen LogP contribution is -2.25. The summed E-state index contributed by atoms with van der Waals surface area (Å²) in [5.41, 5.74) is -0.390. The Hall–Kier alpha value is -3.05. The summed E-state index contributed by atoms with van der Waals surface area (Å²) in [5, 5.41) is 8.29. The van der Waals surface area contributed by atoms with Gasteiger partial charge in [-0.2, -0.15) is 5.10 Å². The van der Waals surface area contributed by atoms with Gasteiger partial charge < -0.3 is 4.74 Å².